The minimum absolute atomic E-state index is 0.0747. The van der Waals surface area contributed by atoms with Crippen molar-refractivity contribution in [1.29, 1.82) is 0 Å². The molecule has 0 fully saturated rings. The van der Waals surface area contributed by atoms with Crippen LogP contribution in [0.1, 0.15) is 25.5 Å². The number of nitrogens with zero attached hydrogens (tertiary/aromatic N) is 3. The molecular formula is C12H24N4O2. The summed E-state index contributed by atoms with van der Waals surface area (Å²) < 4.78 is 6.85. The third-order valence-corrected chi connectivity index (χ3v) is 2.86. The number of ether oxygens (including phenoxy) is 1. The number of aryl methyl sites for hydroxylation is 1. The minimum atomic E-state index is 0.0747. The number of anilines is 2. The third kappa shape index (κ3) is 3.14. The molecule has 0 atom stereocenters. The maximum absolute atomic E-state index is 9.14. The largest absolute Gasteiger partial charge is 0.395 e. The zero-order chi connectivity index (χ0) is 13.7. The maximum Gasteiger partial charge on any atom is 0.150 e. The maximum atomic E-state index is 9.14. The predicted octanol–water partition coefficient (Wildman–Crippen LogP) is 0.571. The van der Waals surface area contributed by atoms with Crippen molar-refractivity contribution in [3.8, 4) is 0 Å². The van der Waals surface area contributed by atoms with Crippen LogP contribution >= 0.6 is 0 Å². The lowest BCUT2D eigenvalue weighted by molar-refractivity contribution is 0.202. The molecule has 0 saturated carbocycles. The summed E-state index contributed by atoms with van der Waals surface area (Å²) in [5.41, 5.74) is 7.75. The zero-order valence-electron chi connectivity index (χ0n) is 11.7. The lowest BCUT2D eigenvalue weighted by Crippen LogP contribution is -2.32. The van der Waals surface area contributed by atoms with Gasteiger partial charge >= 0.3 is 0 Å². The number of hydrogen-bond donors (Lipinski definition) is 2. The zero-order valence-corrected chi connectivity index (χ0v) is 11.7. The Labute approximate surface area is 108 Å². The van der Waals surface area contributed by atoms with E-state index < -0.39 is 0 Å². The molecular weight excluding hydrogens is 232 g/mol. The van der Waals surface area contributed by atoms with Crippen molar-refractivity contribution in [3.05, 3.63) is 5.69 Å². The SMILES string of the molecule is COCCN(CCO)c1c(N)c(C(C)C)nn1C. The van der Waals surface area contributed by atoms with E-state index in [-0.39, 0.29) is 12.5 Å². The highest BCUT2D eigenvalue weighted by atomic mass is 16.5. The van der Waals surface area contributed by atoms with Crippen molar-refractivity contribution in [1.82, 2.24) is 9.78 Å². The number of aliphatic hydroxyl groups is 1. The summed E-state index contributed by atoms with van der Waals surface area (Å²) in [6.07, 6.45) is 0. The fourth-order valence-corrected chi connectivity index (χ4v) is 2.00. The predicted molar refractivity (Wildman–Crippen MR) is 72.9 cm³/mol. The molecule has 1 aromatic heterocycles. The monoisotopic (exact) mass is 256 g/mol. The van der Waals surface area contributed by atoms with Crippen molar-refractivity contribution in [2.75, 3.05) is 44.0 Å². The molecule has 1 aromatic rings. The molecule has 6 nitrogen and oxygen atoms in total. The van der Waals surface area contributed by atoms with E-state index in [1.165, 1.54) is 0 Å². The molecule has 0 aromatic carbocycles. The van der Waals surface area contributed by atoms with E-state index in [1.54, 1.807) is 11.8 Å². The molecule has 0 radical (unpaired) electrons. The molecule has 104 valence electrons. The molecule has 0 saturated heterocycles. The van der Waals surface area contributed by atoms with E-state index in [0.29, 0.717) is 25.4 Å². The quantitative estimate of drug-likeness (QED) is 0.746. The van der Waals surface area contributed by atoms with E-state index in [2.05, 4.69) is 18.9 Å². The van der Waals surface area contributed by atoms with Crippen LogP contribution in [0.15, 0.2) is 0 Å². The van der Waals surface area contributed by atoms with Crippen molar-refractivity contribution in [3.63, 3.8) is 0 Å². The molecule has 1 rings (SSSR count). The molecule has 0 amide bonds. The number of nitrogen functional groups attached to an aromatic ring is 1. The Bertz CT molecular complexity index is 376. The number of nitrogens with two attached hydrogens (primary N) is 1. The molecule has 0 aliphatic rings. The van der Waals surface area contributed by atoms with E-state index in [4.69, 9.17) is 15.6 Å². The van der Waals surface area contributed by atoms with E-state index in [1.807, 2.05) is 11.9 Å². The first-order valence-electron chi connectivity index (χ1n) is 6.20. The Hall–Kier alpha value is -1.27. The summed E-state index contributed by atoms with van der Waals surface area (Å²) in [5.74, 6) is 1.13. The highest BCUT2D eigenvalue weighted by Crippen LogP contribution is 2.30. The van der Waals surface area contributed by atoms with Crippen molar-refractivity contribution in [2.45, 2.75) is 19.8 Å². The second-order valence-electron chi connectivity index (χ2n) is 4.60. The van der Waals surface area contributed by atoms with Gasteiger partial charge in [0.25, 0.3) is 0 Å². The summed E-state index contributed by atoms with van der Waals surface area (Å²) in [5, 5.41) is 13.6. The van der Waals surface area contributed by atoms with Gasteiger partial charge in [0, 0.05) is 27.2 Å². The van der Waals surface area contributed by atoms with Gasteiger partial charge in [-0.3, -0.25) is 4.68 Å². The van der Waals surface area contributed by atoms with Gasteiger partial charge < -0.3 is 20.5 Å². The summed E-state index contributed by atoms with van der Waals surface area (Å²) >= 11 is 0. The standard InChI is InChI=1S/C12H24N4O2/c1-9(2)11-10(13)12(15(3)14-11)16(5-7-17)6-8-18-4/h9,17H,5-8,13H2,1-4H3. The van der Waals surface area contributed by atoms with Gasteiger partial charge in [0.1, 0.15) is 0 Å². The molecule has 0 unspecified atom stereocenters. The summed E-state index contributed by atoms with van der Waals surface area (Å²) in [4.78, 5) is 2.00. The van der Waals surface area contributed by atoms with E-state index in [9.17, 15) is 0 Å². The molecule has 0 aliphatic heterocycles. The first-order valence-corrected chi connectivity index (χ1v) is 6.20. The smallest absolute Gasteiger partial charge is 0.150 e. The van der Waals surface area contributed by atoms with Crippen LogP contribution in [0, 0.1) is 0 Å². The summed E-state index contributed by atoms with van der Waals surface area (Å²) in [6, 6.07) is 0. The molecule has 18 heavy (non-hydrogen) atoms. The second kappa shape index (κ2) is 6.61. The molecule has 0 bridgehead atoms. The highest BCUT2D eigenvalue weighted by Gasteiger charge is 2.20. The Morgan fingerprint density at radius 1 is 1.44 bits per heavy atom. The van der Waals surface area contributed by atoms with Gasteiger partial charge in [0.15, 0.2) is 5.82 Å². The van der Waals surface area contributed by atoms with Gasteiger partial charge in [-0.2, -0.15) is 5.10 Å². The van der Waals surface area contributed by atoms with Crippen molar-refractivity contribution < 1.29 is 9.84 Å². The number of methoxy groups -OCH3 is 1. The normalized spacial score (nSPS) is 11.2. The first-order chi connectivity index (χ1) is 8.52. The Morgan fingerprint density at radius 3 is 2.56 bits per heavy atom. The number of hydrogen-bond acceptors (Lipinski definition) is 5. The lowest BCUT2D eigenvalue weighted by Gasteiger charge is -2.24. The van der Waals surface area contributed by atoms with Gasteiger partial charge in [0.2, 0.25) is 0 Å². The molecule has 6 heteroatoms. The van der Waals surface area contributed by atoms with Gasteiger partial charge in [-0.15, -0.1) is 0 Å². The van der Waals surface area contributed by atoms with Gasteiger partial charge in [-0.05, 0) is 5.92 Å². The van der Waals surface area contributed by atoms with Crippen molar-refractivity contribution >= 4 is 11.5 Å². The average Bonchev–Trinajstić information content (AvgIpc) is 2.61. The van der Waals surface area contributed by atoms with Crippen LogP contribution in [-0.2, 0) is 11.8 Å². The van der Waals surface area contributed by atoms with Crippen LogP contribution in [0.2, 0.25) is 0 Å². The molecule has 3 N–H and O–H groups in total. The topological polar surface area (TPSA) is 76.5 Å². The highest BCUT2D eigenvalue weighted by molar-refractivity contribution is 5.67. The number of aliphatic hydroxyl groups excluding tert-OH is 1. The minimum Gasteiger partial charge on any atom is -0.395 e. The van der Waals surface area contributed by atoms with E-state index >= 15 is 0 Å². The van der Waals surface area contributed by atoms with Gasteiger partial charge in [-0.25, -0.2) is 0 Å². The Balaban J connectivity index is 3.03. The van der Waals surface area contributed by atoms with Gasteiger partial charge in [-0.1, -0.05) is 13.8 Å². The number of rotatable bonds is 7. The van der Waals surface area contributed by atoms with Crippen molar-refractivity contribution in [2.24, 2.45) is 7.05 Å². The Morgan fingerprint density at radius 2 is 2.11 bits per heavy atom. The van der Waals surface area contributed by atoms with Crippen LogP contribution in [0.3, 0.4) is 0 Å². The van der Waals surface area contributed by atoms with Crippen LogP contribution in [0.25, 0.3) is 0 Å². The van der Waals surface area contributed by atoms with Crippen LogP contribution in [0.5, 0.6) is 0 Å². The Kier molecular flexibility index (Phi) is 5.43. The lowest BCUT2D eigenvalue weighted by atomic mass is 10.1. The van der Waals surface area contributed by atoms with Crippen LogP contribution < -0.4 is 10.6 Å². The van der Waals surface area contributed by atoms with Crippen LogP contribution in [0.4, 0.5) is 11.5 Å². The fraction of sp³-hybridized carbons (Fsp3) is 0.750. The molecule has 0 spiro atoms. The first kappa shape index (κ1) is 14.8. The molecule has 1 heterocycles. The van der Waals surface area contributed by atoms with E-state index in [0.717, 1.165) is 11.5 Å². The number of aromatic nitrogens is 2. The summed E-state index contributed by atoms with van der Waals surface area (Å²) in [6.45, 7) is 5.98. The van der Waals surface area contributed by atoms with Crippen LogP contribution in [-0.4, -0.2) is 48.3 Å². The summed E-state index contributed by atoms with van der Waals surface area (Å²) in [7, 11) is 3.53. The molecule has 0 aliphatic carbocycles. The van der Waals surface area contributed by atoms with Gasteiger partial charge in [0.05, 0.1) is 24.6 Å². The fourth-order valence-electron chi connectivity index (χ4n) is 2.00. The average molecular weight is 256 g/mol. The second-order valence-corrected chi connectivity index (χ2v) is 4.60. The third-order valence-electron chi connectivity index (χ3n) is 2.86.